The van der Waals surface area contributed by atoms with Crippen molar-refractivity contribution in [2.75, 3.05) is 13.2 Å². The van der Waals surface area contributed by atoms with Crippen LogP contribution in [-0.2, 0) is 11.2 Å². The summed E-state index contributed by atoms with van der Waals surface area (Å²) in [6.07, 6.45) is -0.764. The molecule has 0 spiro atoms. The molecule has 0 heterocycles. The van der Waals surface area contributed by atoms with Gasteiger partial charge in [-0.15, -0.1) is 0 Å². The standard InChI is InChI=1S/C30H27NO5/c32-29(25-15-13-24(14-16-25)23-7-3-1-4-8-23)31-19-20-35-26-17-11-22(12-18-26)21-28(30(33)34)36-27-9-5-2-6-10-27/h1-18,28H,19-21H2,(H,31,32)(H,33,34). The number of carboxylic acids is 1. The molecule has 4 rings (SSSR count). The Balaban J connectivity index is 1.22. The first-order chi connectivity index (χ1) is 17.6. The van der Waals surface area contributed by atoms with Crippen LogP contribution in [0.15, 0.2) is 109 Å². The first-order valence-electron chi connectivity index (χ1n) is 11.7. The zero-order valence-corrected chi connectivity index (χ0v) is 19.7. The Labute approximate surface area is 210 Å². The third-order valence-corrected chi connectivity index (χ3v) is 5.55. The first-order valence-corrected chi connectivity index (χ1v) is 11.7. The molecule has 0 bridgehead atoms. The Bertz CT molecular complexity index is 1260. The maximum Gasteiger partial charge on any atom is 0.345 e. The summed E-state index contributed by atoms with van der Waals surface area (Å²) in [5.41, 5.74) is 3.56. The lowest BCUT2D eigenvalue weighted by molar-refractivity contribution is -0.145. The lowest BCUT2D eigenvalue weighted by Crippen LogP contribution is -2.29. The van der Waals surface area contributed by atoms with E-state index < -0.39 is 12.1 Å². The van der Waals surface area contributed by atoms with E-state index >= 15 is 0 Å². The van der Waals surface area contributed by atoms with Gasteiger partial charge < -0.3 is 19.9 Å². The second kappa shape index (κ2) is 12.2. The van der Waals surface area contributed by atoms with Crippen LogP contribution in [0.25, 0.3) is 11.1 Å². The Kier molecular flexibility index (Phi) is 8.33. The van der Waals surface area contributed by atoms with Gasteiger partial charge in [-0.3, -0.25) is 4.79 Å². The Morgan fingerprint density at radius 2 is 1.33 bits per heavy atom. The maximum atomic E-state index is 12.4. The minimum absolute atomic E-state index is 0.160. The molecule has 6 nitrogen and oxygen atoms in total. The van der Waals surface area contributed by atoms with E-state index in [9.17, 15) is 14.7 Å². The molecule has 4 aromatic rings. The van der Waals surface area contributed by atoms with E-state index in [1.807, 2.05) is 72.8 Å². The van der Waals surface area contributed by atoms with Gasteiger partial charge in [0.25, 0.3) is 5.91 Å². The number of carbonyl (C=O) groups excluding carboxylic acids is 1. The summed E-state index contributed by atoms with van der Waals surface area (Å²) in [7, 11) is 0. The van der Waals surface area contributed by atoms with E-state index in [4.69, 9.17) is 9.47 Å². The number of nitrogens with one attached hydrogen (secondary N) is 1. The number of hydrogen-bond donors (Lipinski definition) is 2. The van der Waals surface area contributed by atoms with Gasteiger partial charge in [-0.25, -0.2) is 4.79 Å². The molecule has 6 heteroatoms. The quantitative estimate of drug-likeness (QED) is 0.286. The summed E-state index contributed by atoms with van der Waals surface area (Å²) in [5, 5.41) is 12.4. The average Bonchev–Trinajstić information content (AvgIpc) is 2.92. The molecule has 0 saturated carbocycles. The summed E-state index contributed by atoms with van der Waals surface area (Å²) < 4.78 is 11.3. The molecule has 4 aromatic carbocycles. The fourth-order valence-electron chi connectivity index (χ4n) is 3.66. The van der Waals surface area contributed by atoms with Crippen molar-refractivity contribution in [2.45, 2.75) is 12.5 Å². The molecule has 36 heavy (non-hydrogen) atoms. The Morgan fingerprint density at radius 3 is 1.97 bits per heavy atom. The van der Waals surface area contributed by atoms with Crippen LogP contribution in [0.4, 0.5) is 0 Å². The van der Waals surface area contributed by atoms with Crippen molar-refractivity contribution in [1.82, 2.24) is 5.32 Å². The molecule has 0 aromatic heterocycles. The SMILES string of the molecule is O=C(NCCOc1ccc(CC(Oc2ccccc2)C(=O)O)cc1)c1ccc(-c2ccccc2)cc1. The molecule has 0 aliphatic carbocycles. The summed E-state index contributed by atoms with van der Waals surface area (Å²) in [4.78, 5) is 24.0. The first kappa shape index (κ1) is 24.5. The summed E-state index contributed by atoms with van der Waals surface area (Å²) in [6.45, 7) is 0.662. The number of hydrogen-bond acceptors (Lipinski definition) is 4. The van der Waals surface area contributed by atoms with Crippen LogP contribution < -0.4 is 14.8 Å². The van der Waals surface area contributed by atoms with E-state index in [-0.39, 0.29) is 12.3 Å². The molecular weight excluding hydrogens is 454 g/mol. The van der Waals surface area contributed by atoms with Gasteiger partial charge in [-0.2, -0.15) is 0 Å². The summed E-state index contributed by atoms with van der Waals surface area (Å²) >= 11 is 0. The zero-order valence-electron chi connectivity index (χ0n) is 19.7. The second-order valence-electron chi connectivity index (χ2n) is 8.15. The molecular formula is C30H27NO5. The molecule has 0 fully saturated rings. The van der Waals surface area contributed by atoms with Crippen molar-refractivity contribution in [3.05, 3.63) is 120 Å². The van der Waals surface area contributed by atoms with E-state index in [0.29, 0.717) is 30.2 Å². The predicted molar refractivity (Wildman–Crippen MR) is 138 cm³/mol. The van der Waals surface area contributed by atoms with Gasteiger partial charge in [-0.05, 0) is 53.1 Å². The van der Waals surface area contributed by atoms with Crippen molar-refractivity contribution in [2.24, 2.45) is 0 Å². The summed E-state index contributed by atoms with van der Waals surface area (Å²) in [6, 6.07) is 33.6. The lowest BCUT2D eigenvalue weighted by atomic mass is 10.0. The Hall–Kier alpha value is -4.58. The minimum atomic E-state index is -1.02. The van der Waals surface area contributed by atoms with E-state index in [1.54, 1.807) is 36.4 Å². The number of carbonyl (C=O) groups is 2. The molecule has 0 aliphatic heterocycles. The van der Waals surface area contributed by atoms with Gasteiger partial charge in [0, 0.05) is 12.0 Å². The van der Waals surface area contributed by atoms with Crippen LogP contribution in [0.1, 0.15) is 15.9 Å². The predicted octanol–water partition coefficient (Wildman–Crippen LogP) is 5.24. The monoisotopic (exact) mass is 481 g/mol. The van der Waals surface area contributed by atoms with Gasteiger partial charge in [0.05, 0.1) is 6.54 Å². The number of rotatable bonds is 11. The summed E-state index contributed by atoms with van der Waals surface area (Å²) in [5.74, 6) is -0.0357. The normalized spacial score (nSPS) is 11.3. The number of benzene rings is 4. The van der Waals surface area contributed by atoms with Crippen molar-refractivity contribution in [3.8, 4) is 22.6 Å². The largest absolute Gasteiger partial charge is 0.492 e. The van der Waals surface area contributed by atoms with Crippen LogP contribution >= 0.6 is 0 Å². The van der Waals surface area contributed by atoms with E-state index in [2.05, 4.69) is 5.32 Å². The number of ether oxygens (including phenoxy) is 2. The van der Waals surface area contributed by atoms with Crippen LogP contribution in [0, 0.1) is 0 Å². The average molecular weight is 482 g/mol. The number of para-hydroxylation sites is 1. The molecule has 0 saturated heterocycles. The molecule has 2 N–H and O–H groups in total. The molecule has 1 unspecified atom stereocenters. The fourth-order valence-corrected chi connectivity index (χ4v) is 3.66. The number of carboxylic acid groups (broad SMARTS) is 1. The Morgan fingerprint density at radius 1 is 0.722 bits per heavy atom. The van der Waals surface area contributed by atoms with Crippen molar-refractivity contribution >= 4 is 11.9 Å². The van der Waals surface area contributed by atoms with Gasteiger partial charge in [-0.1, -0.05) is 72.8 Å². The van der Waals surface area contributed by atoms with Crippen LogP contribution in [0.5, 0.6) is 11.5 Å². The van der Waals surface area contributed by atoms with Gasteiger partial charge in [0.1, 0.15) is 18.1 Å². The highest BCUT2D eigenvalue weighted by atomic mass is 16.5. The molecule has 1 atom stereocenters. The van der Waals surface area contributed by atoms with Crippen LogP contribution in [0.3, 0.4) is 0 Å². The lowest BCUT2D eigenvalue weighted by Gasteiger charge is -2.15. The third-order valence-electron chi connectivity index (χ3n) is 5.55. The topological polar surface area (TPSA) is 84.9 Å². The van der Waals surface area contributed by atoms with Gasteiger partial charge in [0.2, 0.25) is 0 Å². The zero-order chi connectivity index (χ0) is 25.2. The maximum absolute atomic E-state index is 12.4. The smallest absolute Gasteiger partial charge is 0.345 e. The highest BCUT2D eigenvalue weighted by molar-refractivity contribution is 5.94. The van der Waals surface area contributed by atoms with E-state index in [1.165, 1.54) is 0 Å². The molecule has 0 aliphatic rings. The van der Waals surface area contributed by atoms with Crippen molar-refractivity contribution in [1.29, 1.82) is 0 Å². The minimum Gasteiger partial charge on any atom is -0.492 e. The molecule has 182 valence electrons. The molecule has 1 amide bonds. The van der Waals surface area contributed by atoms with Crippen molar-refractivity contribution < 1.29 is 24.2 Å². The second-order valence-corrected chi connectivity index (χ2v) is 8.15. The third kappa shape index (κ3) is 6.96. The number of amides is 1. The highest BCUT2D eigenvalue weighted by Gasteiger charge is 2.20. The number of aliphatic carboxylic acids is 1. The van der Waals surface area contributed by atoms with Crippen LogP contribution in [0.2, 0.25) is 0 Å². The highest BCUT2D eigenvalue weighted by Crippen LogP contribution is 2.19. The van der Waals surface area contributed by atoms with Gasteiger partial charge >= 0.3 is 5.97 Å². The van der Waals surface area contributed by atoms with Crippen LogP contribution in [-0.4, -0.2) is 36.2 Å². The van der Waals surface area contributed by atoms with E-state index in [0.717, 1.165) is 16.7 Å². The molecule has 0 radical (unpaired) electrons. The fraction of sp³-hybridized carbons (Fsp3) is 0.133. The van der Waals surface area contributed by atoms with Gasteiger partial charge in [0.15, 0.2) is 6.10 Å². The van der Waals surface area contributed by atoms with Crippen molar-refractivity contribution in [3.63, 3.8) is 0 Å².